The molecular formula is C13H19N3O3. The third kappa shape index (κ3) is 6.40. The molecule has 0 aliphatic heterocycles. The quantitative estimate of drug-likeness (QED) is 0.774. The minimum atomic E-state index is -0.841. The highest BCUT2D eigenvalue weighted by atomic mass is 16.4. The molecular weight excluding hydrogens is 246 g/mol. The molecule has 0 spiro atoms. The molecule has 1 aromatic rings. The zero-order valence-electron chi connectivity index (χ0n) is 11.0. The summed E-state index contributed by atoms with van der Waals surface area (Å²) in [6, 6.07) is 3.63. The molecule has 0 aromatic carbocycles. The molecule has 0 atom stereocenters. The molecule has 0 aliphatic carbocycles. The Hall–Kier alpha value is -2.11. The predicted molar refractivity (Wildman–Crippen MR) is 70.8 cm³/mol. The van der Waals surface area contributed by atoms with Crippen LogP contribution >= 0.6 is 0 Å². The van der Waals surface area contributed by atoms with Crippen LogP contribution in [-0.4, -0.2) is 47.1 Å². The van der Waals surface area contributed by atoms with Crippen LogP contribution in [0, 0.1) is 0 Å². The van der Waals surface area contributed by atoms with Crippen LogP contribution in [0.4, 0.5) is 4.79 Å². The zero-order valence-corrected chi connectivity index (χ0v) is 11.0. The van der Waals surface area contributed by atoms with Crippen LogP contribution in [0.3, 0.4) is 0 Å². The van der Waals surface area contributed by atoms with Crippen molar-refractivity contribution in [2.75, 3.05) is 20.1 Å². The maximum absolute atomic E-state index is 11.7. The first-order valence-electron chi connectivity index (χ1n) is 6.19. The number of nitrogens with zero attached hydrogens (tertiary/aromatic N) is 2. The van der Waals surface area contributed by atoms with Gasteiger partial charge < -0.3 is 15.3 Å². The topological polar surface area (TPSA) is 82.5 Å². The van der Waals surface area contributed by atoms with Crippen molar-refractivity contribution in [3.8, 4) is 0 Å². The van der Waals surface area contributed by atoms with Crippen molar-refractivity contribution in [3.63, 3.8) is 0 Å². The first-order valence-corrected chi connectivity index (χ1v) is 6.19. The lowest BCUT2D eigenvalue weighted by Gasteiger charge is -2.17. The summed E-state index contributed by atoms with van der Waals surface area (Å²) in [5, 5.41) is 11.3. The minimum absolute atomic E-state index is 0.0780. The van der Waals surface area contributed by atoms with Gasteiger partial charge in [0, 0.05) is 39.0 Å². The smallest absolute Gasteiger partial charge is 0.317 e. The summed E-state index contributed by atoms with van der Waals surface area (Å²) in [5.41, 5.74) is 1.11. The van der Waals surface area contributed by atoms with Gasteiger partial charge in [0.2, 0.25) is 0 Å². The zero-order chi connectivity index (χ0) is 14.1. The van der Waals surface area contributed by atoms with Crippen LogP contribution in [-0.2, 0) is 11.2 Å². The van der Waals surface area contributed by atoms with Crippen LogP contribution < -0.4 is 5.32 Å². The molecule has 1 heterocycles. The van der Waals surface area contributed by atoms with E-state index in [1.807, 2.05) is 12.1 Å². The molecule has 0 aliphatic rings. The Morgan fingerprint density at radius 1 is 1.37 bits per heavy atom. The molecule has 104 valence electrons. The number of carbonyl (C=O) groups is 2. The summed E-state index contributed by atoms with van der Waals surface area (Å²) >= 11 is 0. The number of hydrogen-bond acceptors (Lipinski definition) is 3. The Morgan fingerprint density at radius 2 is 2.05 bits per heavy atom. The van der Waals surface area contributed by atoms with Crippen LogP contribution in [0.15, 0.2) is 24.5 Å². The normalized spacial score (nSPS) is 9.95. The van der Waals surface area contributed by atoms with Crippen LogP contribution in [0.2, 0.25) is 0 Å². The van der Waals surface area contributed by atoms with Gasteiger partial charge in [0.1, 0.15) is 0 Å². The van der Waals surface area contributed by atoms with Gasteiger partial charge in [-0.3, -0.25) is 9.78 Å². The molecule has 2 N–H and O–H groups in total. The van der Waals surface area contributed by atoms with Gasteiger partial charge in [-0.1, -0.05) is 0 Å². The molecule has 0 fully saturated rings. The number of hydrogen-bond donors (Lipinski definition) is 2. The number of carboxylic acids is 1. The Balaban J connectivity index is 2.18. The number of aromatic nitrogens is 1. The minimum Gasteiger partial charge on any atom is -0.481 e. The second-order valence-corrected chi connectivity index (χ2v) is 4.26. The molecule has 0 radical (unpaired) electrons. The van der Waals surface area contributed by atoms with Gasteiger partial charge in [-0.25, -0.2) is 4.79 Å². The molecule has 2 amide bonds. The first-order chi connectivity index (χ1) is 9.09. The maximum atomic E-state index is 11.7. The molecule has 6 heteroatoms. The third-order valence-corrected chi connectivity index (χ3v) is 2.67. The van der Waals surface area contributed by atoms with Gasteiger partial charge in [0.15, 0.2) is 0 Å². The van der Waals surface area contributed by atoms with E-state index in [4.69, 9.17) is 5.11 Å². The van der Waals surface area contributed by atoms with E-state index in [1.54, 1.807) is 19.4 Å². The molecule has 0 saturated carbocycles. The van der Waals surface area contributed by atoms with Crippen molar-refractivity contribution in [1.82, 2.24) is 15.2 Å². The van der Waals surface area contributed by atoms with Gasteiger partial charge in [-0.2, -0.15) is 0 Å². The van der Waals surface area contributed by atoms with Crippen molar-refractivity contribution < 1.29 is 14.7 Å². The SMILES string of the molecule is CN(CCCC(=O)O)C(=O)NCCc1ccncc1. The fourth-order valence-electron chi connectivity index (χ4n) is 1.57. The van der Waals surface area contributed by atoms with E-state index < -0.39 is 5.97 Å². The predicted octanol–water partition coefficient (Wildman–Crippen LogP) is 1.13. The third-order valence-electron chi connectivity index (χ3n) is 2.67. The molecule has 0 saturated heterocycles. The van der Waals surface area contributed by atoms with E-state index >= 15 is 0 Å². The number of carbonyl (C=O) groups excluding carboxylic acids is 1. The molecule has 1 aromatic heterocycles. The van der Waals surface area contributed by atoms with Crippen molar-refractivity contribution in [2.24, 2.45) is 0 Å². The second kappa shape index (κ2) is 8.07. The van der Waals surface area contributed by atoms with E-state index in [2.05, 4.69) is 10.3 Å². The largest absolute Gasteiger partial charge is 0.481 e. The lowest BCUT2D eigenvalue weighted by molar-refractivity contribution is -0.137. The standard InChI is InChI=1S/C13H19N3O3/c1-16(10-2-3-12(17)18)13(19)15-9-6-11-4-7-14-8-5-11/h4-5,7-8H,2-3,6,9-10H2,1H3,(H,15,19)(H,17,18). The van der Waals surface area contributed by atoms with E-state index in [0.29, 0.717) is 19.5 Å². The Labute approximate surface area is 112 Å². The monoisotopic (exact) mass is 265 g/mol. The Morgan fingerprint density at radius 3 is 2.68 bits per heavy atom. The van der Waals surface area contributed by atoms with Crippen LogP contribution in [0.1, 0.15) is 18.4 Å². The highest BCUT2D eigenvalue weighted by Crippen LogP contribution is 1.97. The molecule has 1 rings (SSSR count). The van der Waals surface area contributed by atoms with Gasteiger partial charge in [0.05, 0.1) is 0 Å². The molecule has 6 nitrogen and oxygen atoms in total. The van der Waals surface area contributed by atoms with Crippen molar-refractivity contribution in [3.05, 3.63) is 30.1 Å². The number of aliphatic carboxylic acids is 1. The number of urea groups is 1. The van der Waals surface area contributed by atoms with Crippen LogP contribution in [0.25, 0.3) is 0 Å². The van der Waals surface area contributed by atoms with Gasteiger partial charge in [0.25, 0.3) is 0 Å². The summed E-state index contributed by atoms with van der Waals surface area (Å²) in [5.74, 6) is -0.841. The summed E-state index contributed by atoms with van der Waals surface area (Å²) in [6.45, 7) is 0.986. The number of nitrogens with one attached hydrogen (secondary N) is 1. The summed E-state index contributed by atoms with van der Waals surface area (Å²) in [7, 11) is 1.66. The number of pyridine rings is 1. The molecule has 0 unspecified atom stereocenters. The van der Waals surface area contributed by atoms with Gasteiger partial charge in [-0.15, -0.1) is 0 Å². The van der Waals surface area contributed by atoms with Crippen LogP contribution in [0.5, 0.6) is 0 Å². The van der Waals surface area contributed by atoms with Gasteiger partial charge >= 0.3 is 12.0 Å². The highest BCUT2D eigenvalue weighted by molar-refractivity contribution is 5.73. The summed E-state index contributed by atoms with van der Waals surface area (Å²) < 4.78 is 0. The Kier molecular flexibility index (Phi) is 6.35. The number of amides is 2. The van der Waals surface area contributed by atoms with Crippen molar-refractivity contribution >= 4 is 12.0 Å². The van der Waals surface area contributed by atoms with E-state index in [0.717, 1.165) is 12.0 Å². The highest BCUT2D eigenvalue weighted by Gasteiger charge is 2.08. The first kappa shape index (κ1) is 14.9. The van der Waals surface area contributed by atoms with Crippen molar-refractivity contribution in [2.45, 2.75) is 19.3 Å². The molecule has 0 bridgehead atoms. The van der Waals surface area contributed by atoms with E-state index in [-0.39, 0.29) is 12.5 Å². The van der Waals surface area contributed by atoms with Gasteiger partial charge in [-0.05, 0) is 30.5 Å². The fraction of sp³-hybridized carbons (Fsp3) is 0.462. The lowest BCUT2D eigenvalue weighted by Crippen LogP contribution is -2.38. The second-order valence-electron chi connectivity index (χ2n) is 4.26. The van der Waals surface area contributed by atoms with E-state index in [9.17, 15) is 9.59 Å². The number of rotatable bonds is 7. The molecule has 19 heavy (non-hydrogen) atoms. The maximum Gasteiger partial charge on any atom is 0.317 e. The fourth-order valence-corrected chi connectivity index (χ4v) is 1.57. The number of carboxylic acid groups (broad SMARTS) is 1. The average molecular weight is 265 g/mol. The Bertz CT molecular complexity index is 409. The average Bonchev–Trinajstić information content (AvgIpc) is 2.39. The van der Waals surface area contributed by atoms with Crippen molar-refractivity contribution in [1.29, 1.82) is 0 Å². The van der Waals surface area contributed by atoms with E-state index in [1.165, 1.54) is 4.90 Å². The summed E-state index contributed by atoms with van der Waals surface area (Å²) in [4.78, 5) is 27.4. The summed E-state index contributed by atoms with van der Waals surface area (Å²) in [6.07, 6.45) is 4.72. The lowest BCUT2D eigenvalue weighted by atomic mass is 10.2.